The minimum atomic E-state index is -0.475. The summed E-state index contributed by atoms with van der Waals surface area (Å²) < 4.78 is 4.60. The minimum absolute atomic E-state index is 0.124. The van der Waals surface area contributed by atoms with Crippen LogP contribution in [0, 0.1) is 0 Å². The third-order valence-corrected chi connectivity index (χ3v) is 3.46. The molecular weight excluding hydrogens is 354 g/mol. The van der Waals surface area contributed by atoms with E-state index in [9.17, 15) is 14.4 Å². The van der Waals surface area contributed by atoms with Gasteiger partial charge >= 0.3 is 5.97 Å². The average Bonchev–Trinajstić information content (AvgIpc) is 2.62. The lowest BCUT2D eigenvalue weighted by Gasteiger charge is -2.10. The minimum Gasteiger partial charge on any atom is -0.465 e. The van der Waals surface area contributed by atoms with E-state index in [-0.39, 0.29) is 11.0 Å². The fourth-order valence-corrected chi connectivity index (χ4v) is 2.26. The molecule has 0 unspecified atom stereocenters. The highest BCUT2D eigenvalue weighted by molar-refractivity contribution is 7.80. The normalized spacial score (nSPS) is 9.77. The van der Waals surface area contributed by atoms with Crippen molar-refractivity contribution in [2.75, 3.05) is 17.7 Å². The Morgan fingerprint density at radius 2 is 1.35 bits per heavy atom. The van der Waals surface area contributed by atoms with Gasteiger partial charge in [-0.1, -0.05) is 0 Å². The number of hydrogen-bond donors (Lipinski definition) is 3. The van der Waals surface area contributed by atoms with Crippen molar-refractivity contribution < 1.29 is 19.1 Å². The number of thiocarbonyl (C=S) groups is 1. The zero-order valence-electron chi connectivity index (χ0n) is 14.2. The molecule has 0 bridgehead atoms. The molecule has 26 heavy (non-hydrogen) atoms. The molecule has 2 aromatic carbocycles. The van der Waals surface area contributed by atoms with E-state index < -0.39 is 11.9 Å². The van der Waals surface area contributed by atoms with Crippen molar-refractivity contribution in [3.8, 4) is 0 Å². The molecule has 8 heteroatoms. The van der Waals surface area contributed by atoms with Gasteiger partial charge in [0.1, 0.15) is 0 Å². The zero-order chi connectivity index (χ0) is 19.1. The van der Waals surface area contributed by atoms with Crippen LogP contribution < -0.4 is 16.0 Å². The summed E-state index contributed by atoms with van der Waals surface area (Å²) in [6.45, 7) is 1.43. The van der Waals surface area contributed by atoms with Crippen LogP contribution in [0.4, 0.5) is 11.4 Å². The molecule has 0 aliphatic carbocycles. The van der Waals surface area contributed by atoms with E-state index in [1.165, 1.54) is 38.3 Å². The van der Waals surface area contributed by atoms with Crippen molar-refractivity contribution in [3.05, 3.63) is 59.7 Å². The van der Waals surface area contributed by atoms with Crippen molar-refractivity contribution in [3.63, 3.8) is 0 Å². The lowest BCUT2D eigenvalue weighted by atomic mass is 10.1. The molecule has 0 saturated carbocycles. The maximum Gasteiger partial charge on any atom is 0.337 e. The van der Waals surface area contributed by atoms with E-state index in [0.717, 1.165) is 0 Å². The predicted molar refractivity (Wildman–Crippen MR) is 102 cm³/mol. The lowest BCUT2D eigenvalue weighted by Crippen LogP contribution is -2.34. The van der Waals surface area contributed by atoms with E-state index in [1.54, 1.807) is 24.3 Å². The van der Waals surface area contributed by atoms with E-state index in [4.69, 9.17) is 12.2 Å². The van der Waals surface area contributed by atoms with Crippen molar-refractivity contribution in [2.24, 2.45) is 0 Å². The molecule has 2 aromatic rings. The first kappa shape index (κ1) is 19.1. The smallest absolute Gasteiger partial charge is 0.337 e. The second kappa shape index (κ2) is 8.72. The number of methoxy groups -OCH3 is 1. The largest absolute Gasteiger partial charge is 0.465 e. The number of amides is 2. The molecule has 134 valence electrons. The van der Waals surface area contributed by atoms with Gasteiger partial charge in [-0.05, 0) is 60.7 Å². The average molecular weight is 371 g/mol. The standard InChI is InChI=1S/C18H17N3O4S/c1-11(22)19-14-7-9-15(10-8-14)20-18(26)21-16(23)12-3-5-13(6-4-12)17(24)25-2/h3-10H,1-2H3,(H,19,22)(H2,20,21,23,26). The molecule has 7 nitrogen and oxygen atoms in total. The fraction of sp³-hybridized carbons (Fsp3) is 0.111. The van der Waals surface area contributed by atoms with Crippen LogP contribution in [0.3, 0.4) is 0 Å². The molecule has 0 aromatic heterocycles. The zero-order valence-corrected chi connectivity index (χ0v) is 15.0. The van der Waals surface area contributed by atoms with Crippen molar-refractivity contribution in [2.45, 2.75) is 6.92 Å². The van der Waals surface area contributed by atoms with Crippen LogP contribution in [0.5, 0.6) is 0 Å². The molecule has 0 radical (unpaired) electrons. The molecular formula is C18H17N3O4S. The lowest BCUT2D eigenvalue weighted by molar-refractivity contribution is -0.114. The van der Waals surface area contributed by atoms with Crippen molar-refractivity contribution >= 4 is 46.5 Å². The van der Waals surface area contributed by atoms with Crippen LogP contribution in [0.2, 0.25) is 0 Å². The summed E-state index contributed by atoms with van der Waals surface area (Å²) in [4.78, 5) is 34.5. The van der Waals surface area contributed by atoms with Crippen LogP contribution in [0.15, 0.2) is 48.5 Å². The van der Waals surface area contributed by atoms with Gasteiger partial charge in [0, 0.05) is 23.9 Å². The summed E-state index contributed by atoms with van der Waals surface area (Å²) in [6, 6.07) is 12.9. The molecule has 0 fully saturated rings. The summed E-state index contributed by atoms with van der Waals surface area (Å²) in [5.41, 5.74) is 2.01. The first-order valence-corrected chi connectivity index (χ1v) is 7.98. The second-order valence-electron chi connectivity index (χ2n) is 5.24. The Bertz CT molecular complexity index is 833. The van der Waals surface area contributed by atoms with E-state index in [1.807, 2.05) is 0 Å². The molecule has 0 aliphatic rings. The Labute approximate surface area is 155 Å². The molecule has 2 amide bonds. The van der Waals surface area contributed by atoms with E-state index >= 15 is 0 Å². The number of hydrogen-bond acceptors (Lipinski definition) is 5. The summed E-state index contributed by atoms with van der Waals surface area (Å²) in [5.74, 6) is -1.04. The summed E-state index contributed by atoms with van der Waals surface area (Å²) >= 11 is 5.11. The van der Waals surface area contributed by atoms with E-state index in [2.05, 4.69) is 20.7 Å². The molecule has 0 spiro atoms. The first-order chi connectivity index (χ1) is 12.4. The first-order valence-electron chi connectivity index (χ1n) is 7.57. The van der Waals surface area contributed by atoms with Gasteiger partial charge in [0.2, 0.25) is 5.91 Å². The predicted octanol–water partition coefficient (Wildman–Crippen LogP) is 2.56. The molecule has 3 N–H and O–H groups in total. The highest BCUT2D eigenvalue weighted by atomic mass is 32.1. The Morgan fingerprint density at radius 3 is 1.85 bits per heavy atom. The molecule has 2 rings (SSSR count). The maximum atomic E-state index is 12.2. The summed E-state index contributed by atoms with van der Waals surface area (Å²) in [6.07, 6.45) is 0. The highest BCUT2D eigenvalue weighted by Gasteiger charge is 2.10. The Kier molecular flexibility index (Phi) is 6.40. The monoisotopic (exact) mass is 371 g/mol. The Balaban J connectivity index is 1.93. The fourth-order valence-electron chi connectivity index (χ4n) is 2.05. The SMILES string of the molecule is COC(=O)c1ccc(C(=O)NC(=S)Nc2ccc(NC(C)=O)cc2)cc1. The van der Waals surface area contributed by atoms with Crippen LogP contribution in [-0.4, -0.2) is 30.0 Å². The Morgan fingerprint density at radius 1 is 0.846 bits per heavy atom. The summed E-state index contributed by atoms with van der Waals surface area (Å²) in [7, 11) is 1.29. The number of benzene rings is 2. The van der Waals surface area contributed by atoms with Gasteiger partial charge in [-0.15, -0.1) is 0 Å². The van der Waals surface area contributed by atoms with Crippen LogP contribution >= 0.6 is 12.2 Å². The van der Waals surface area contributed by atoms with Crippen LogP contribution in [0.1, 0.15) is 27.6 Å². The Hall–Kier alpha value is -3.26. The molecule has 0 atom stereocenters. The number of ether oxygens (including phenoxy) is 1. The summed E-state index contributed by atoms with van der Waals surface area (Å²) in [5, 5.41) is 8.20. The maximum absolute atomic E-state index is 12.2. The molecule has 0 saturated heterocycles. The van der Waals surface area contributed by atoms with E-state index in [0.29, 0.717) is 22.5 Å². The number of anilines is 2. The van der Waals surface area contributed by atoms with Gasteiger partial charge < -0.3 is 15.4 Å². The number of esters is 1. The highest BCUT2D eigenvalue weighted by Crippen LogP contribution is 2.13. The third-order valence-electron chi connectivity index (χ3n) is 3.26. The van der Waals surface area contributed by atoms with Crippen LogP contribution in [-0.2, 0) is 9.53 Å². The van der Waals surface area contributed by atoms with Crippen molar-refractivity contribution in [1.82, 2.24) is 5.32 Å². The quantitative estimate of drug-likeness (QED) is 0.565. The molecule has 0 aliphatic heterocycles. The van der Waals surface area contributed by atoms with Crippen molar-refractivity contribution in [1.29, 1.82) is 0 Å². The number of carbonyl (C=O) groups is 3. The third kappa shape index (κ3) is 5.38. The van der Waals surface area contributed by atoms with Gasteiger partial charge in [-0.25, -0.2) is 4.79 Å². The van der Waals surface area contributed by atoms with Crippen LogP contribution in [0.25, 0.3) is 0 Å². The van der Waals surface area contributed by atoms with Gasteiger partial charge in [0.25, 0.3) is 5.91 Å². The number of nitrogens with one attached hydrogen (secondary N) is 3. The van der Waals surface area contributed by atoms with Gasteiger partial charge in [0.05, 0.1) is 12.7 Å². The molecule has 0 heterocycles. The number of carbonyl (C=O) groups excluding carboxylic acids is 3. The van der Waals surface area contributed by atoms with Gasteiger partial charge in [-0.3, -0.25) is 14.9 Å². The van der Waals surface area contributed by atoms with Gasteiger partial charge in [-0.2, -0.15) is 0 Å². The van der Waals surface area contributed by atoms with Gasteiger partial charge in [0.15, 0.2) is 5.11 Å². The number of rotatable bonds is 4. The second-order valence-corrected chi connectivity index (χ2v) is 5.64. The topological polar surface area (TPSA) is 96.5 Å².